The Bertz CT molecular complexity index is 535. The van der Waals surface area contributed by atoms with Crippen LogP contribution in [0, 0.1) is 6.92 Å². The van der Waals surface area contributed by atoms with Crippen LogP contribution in [0.4, 0.5) is 0 Å². The summed E-state index contributed by atoms with van der Waals surface area (Å²) < 4.78 is 0.852. The first-order valence-corrected chi connectivity index (χ1v) is 7.69. The van der Waals surface area contributed by atoms with Gasteiger partial charge in [-0.05, 0) is 31.5 Å². The molecule has 0 saturated carbocycles. The van der Waals surface area contributed by atoms with Crippen LogP contribution in [0.15, 0.2) is 22.7 Å². The number of hydrogen-bond acceptors (Lipinski definition) is 3. The fraction of sp³-hybridized carbons (Fsp3) is 0.385. The normalized spacial score (nSPS) is 22.6. The predicted octanol–water partition coefficient (Wildman–Crippen LogP) is 2.75. The summed E-state index contributed by atoms with van der Waals surface area (Å²) in [6.07, 6.45) is 0. The van der Waals surface area contributed by atoms with E-state index in [1.54, 1.807) is 12.1 Å². The SMILES string of the molecule is Cc1ccc(C(=O)N2C(C)SCC2C(=O)O)cc1Br. The van der Waals surface area contributed by atoms with Crippen molar-refractivity contribution in [3.63, 3.8) is 0 Å². The van der Waals surface area contributed by atoms with Crippen LogP contribution in [0.3, 0.4) is 0 Å². The van der Waals surface area contributed by atoms with E-state index >= 15 is 0 Å². The van der Waals surface area contributed by atoms with Crippen LogP contribution in [-0.2, 0) is 4.79 Å². The second kappa shape index (κ2) is 5.54. The van der Waals surface area contributed by atoms with Crippen molar-refractivity contribution < 1.29 is 14.7 Å². The highest BCUT2D eigenvalue weighted by molar-refractivity contribution is 9.10. The van der Waals surface area contributed by atoms with E-state index in [9.17, 15) is 14.7 Å². The highest BCUT2D eigenvalue weighted by Gasteiger charge is 2.39. The van der Waals surface area contributed by atoms with Gasteiger partial charge in [-0.1, -0.05) is 22.0 Å². The number of hydrogen-bond donors (Lipinski definition) is 1. The van der Waals surface area contributed by atoms with Gasteiger partial charge < -0.3 is 10.0 Å². The van der Waals surface area contributed by atoms with Crippen molar-refractivity contribution >= 4 is 39.6 Å². The van der Waals surface area contributed by atoms with Crippen molar-refractivity contribution in [3.05, 3.63) is 33.8 Å². The van der Waals surface area contributed by atoms with Gasteiger partial charge in [-0.3, -0.25) is 4.79 Å². The number of amides is 1. The Morgan fingerprint density at radius 2 is 2.16 bits per heavy atom. The smallest absolute Gasteiger partial charge is 0.327 e. The largest absolute Gasteiger partial charge is 0.480 e. The first kappa shape index (κ1) is 14.4. The molecule has 1 aliphatic heterocycles. The molecule has 102 valence electrons. The molecule has 2 unspecified atom stereocenters. The molecule has 0 bridgehead atoms. The Hall–Kier alpha value is -1.01. The summed E-state index contributed by atoms with van der Waals surface area (Å²) in [5, 5.41) is 9.06. The molecule has 1 aliphatic rings. The third kappa shape index (κ3) is 2.79. The van der Waals surface area contributed by atoms with Crippen molar-refractivity contribution in [2.75, 3.05) is 5.75 Å². The number of carbonyl (C=O) groups is 2. The molecular weight excluding hydrogens is 330 g/mol. The molecule has 1 fully saturated rings. The molecular formula is C13H14BrNO3S. The minimum atomic E-state index is -0.948. The Balaban J connectivity index is 2.31. The number of aliphatic carboxylic acids is 1. The molecule has 2 atom stereocenters. The molecule has 2 rings (SSSR count). The molecule has 1 amide bonds. The zero-order chi connectivity index (χ0) is 14.2. The van der Waals surface area contributed by atoms with Gasteiger partial charge in [0.2, 0.25) is 0 Å². The van der Waals surface area contributed by atoms with E-state index in [0.717, 1.165) is 10.0 Å². The predicted molar refractivity (Wildman–Crippen MR) is 78.4 cm³/mol. The van der Waals surface area contributed by atoms with Crippen molar-refractivity contribution in [2.24, 2.45) is 0 Å². The Morgan fingerprint density at radius 3 is 2.74 bits per heavy atom. The summed E-state index contributed by atoms with van der Waals surface area (Å²) in [6.45, 7) is 3.79. The number of carbonyl (C=O) groups excluding carboxylic acids is 1. The molecule has 6 heteroatoms. The quantitative estimate of drug-likeness (QED) is 0.896. The summed E-state index contributed by atoms with van der Waals surface area (Å²) in [5.41, 5.74) is 1.55. The van der Waals surface area contributed by atoms with E-state index in [0.29, 0.717) is 11.3 Å². The monoisotopic (exact) mass is 343 g/mol. The standard InChI is InChI=1S/C13H14BrNO3S/c1-7-3-4-9(5-10(7)14)12(16)15-8(2)19-6-11(15)13(17)18/h3-5,8,11H,6H2,1-2H3,(H,17,18). The van der Waals surface area contributed by atoms with Gasteiger partial charge in [0.05, 0.1) is 5.37 Å². The van der Waals surface area contributed by atoms with Crippen LogP contribution in [0.1, 0.15) is 22.8 Å². The number of aryl methyl sites for hydroxylation is 1. The average molecular weight is 344 g/mol. The lowest BCUT2D eigenvalue weighted by Crippen LogP contribution is -2.44. The Labute approximate surface area is 124 Å². The maximum Gasteiger partial charge on any atom is 0.327 e. The van der Waals surface area contributed by atoms with Gasteiger partial charge in [-0.25, -0.2) is 4.79 Å². The van der Waals surface area contributed by atoms with Crippen LogP contribution in [-0.4, -0.2) is 39.1 Å². The summed E-state index contributed by atoms with van der Waals surface area (Å²) >= 11 is 4.87. The summed E-state index contributed by atoms with van der Waals surface area (Å²) in [7, 11) is 0. The topological polar surface area (TPSA) is 57.6 Å². The lowest BCUT2D eigenvalue weighted by molar-refractivity contribution is -0.141. The molecule has 4 nitrogen and oxygen atoms in total. The second-order valence-electron chi connectivity index (χ2n) is 4.46. The van der Waals surface area contributed by atoms with E-state index in [2.05, 4.69) is 15.9 Å². The van der Waals surface area contributed by atoms with Gasteiger partial charge in [0, 0.05) is 15.8 Å². The maximum atomic E-state index is 12.5. The number of carboxylic acid groups (broad SMARTS) is 1. The second-order valence-corrected chi connectivity index (χ2v) is 6.67. The van der Waals surface area contributed by atoms with Crippen LogP contribution in [0.5, 0.6) is 0 Å². The average Bonchev–Trinajstić information content (AvgIpc) is 2.74. The number of rotatable bonds is 2. The third-order valence-corrected chi connectivity index (χ3v) is 5.23. The zero-order valence-corrected chi connectivity index (χ0v) is 13.0. The molecule has 0 spiro atoms. The lowest BCUT2D eigenvalue weighted by atomic mass is 10.1. The molecule has 1 aromatic rings. The Morgan fingerprint density at radius 1 is 1.47 bits per heavy atom. The van der Waals surface area contributed by atoms with E-state index in [4.69, 9.17) is 0 Å². The lowest BCUT2D eigenvalue weighted by Gasteiger charge is -2.25. The van der Waals surface area contributed by atoms with Gasteiger partial charge in [-0.15, -0.1) is 11.8 Å². The van der Waals surface area contributed by atoms with Crippen LogP contribution in [0.25, 0.3) is 0 Å². The summed E-state index contributed by atoms with van der Waals surface area (Å²) in [4.78, 5) is 25.1. The van der Waals surface area contributed by atoms with E-state index in [1.165, 1.54) is 16.7 Å². The molecule has 1 saturated heterocycles. The number of carboxylic acids is 1. The van der Waals surface area contributed by atoms with E-state index < -0.39 is 12.0 Å². The Kier molecular flexibility index (Phi) is 4.20. The molecule has 19 heavy (non-hydrogen) atoms. The minimum absolute atomic E-state index is 0.117. The van der Waals surface area contributed by atoms with Crippen LogP contribution in [0.2, 0.25) is 0 Å². The van der Waals surface area contributed by atoms with Gasteiger partial charge in [0.25, 0.3) is 5.91 Å². The maximum absolute atomic E-state index is 12.5. The first-order valence-electron chi connectivity index (χ1n) is 5.85. The fourth-order valence-electron chi connectivity index (χ4n) is 2.02. The van der Waals surface area contributed by atoms with E-state index in [1.807, 2.05) is 19.9 Å². The highest BCUT2D eigenvalue weighted by Crippen LogP contribution is 2.31. The first-order chi connectivity index (χ1) is 8.91. The van der Waals surface area contributed by atoms with Gasteiger partial charge in [-0.2, -0.15) is 0 Å². The van der Waals surface area contributed by atoms with Crippen molar-refractivity contribution in [1.29, 1.82) is 0 Å². The van der Waals surface area contributed by atoms with Crippen molar-refractivity contribution in [3.8, 4) is 0 Å². The van der Waals surface area contributed by atoms with Crippen LogP contribution >= 0.6 is 27.7 Å². The van der Waals surface area contributed by atoms with Gasteiger partial charge in [0.15, 0.2) is 0 Å². The zero-order valence-electron chi connectivity index (χ0n) is 10.6. The fourth-order valence-corrected chi connectivity index (χ4v) is 3.56. The third-order valence-electron chi connectivity index (χ3n) is 3.16. The number of benzene rings is 1. The summed E-state index contributed by atoms with van der Waals surface area (Å²) in [6, 6.07) is 4.58. The van der Waals surface area contributed by atoms with Gasteiger partial charge in [0.1, 0.15) is 6.04 Å². The molecule has 1 N–H and O–H groups in total. The molecule has 1 heterocycles. The van der Waals surface area contributed by atoms with Crippen molar-refractivity contribution in [1.82, 2.24) is 4.90 Å². The van der Waals surface area contributed by atoms with E-state index in [-0.39, 0.29) is 11.3 Å². The molecule has 0 radical (unpaired) electrons. The number of thioether (sulfide) groups is 1. The van der Waals surface area contributed by atoms with Crippen LogP contribution < -0.4 is 0 Å². The highest BCUT2D eigenvalue weighted by atomic mass is 79.9. The number of halogens is 1. The molecule has 1 aromatic carbocycles. The molecule has 0 aromatic heterocycles. The molecule has 0 aliphatic carbocycles. The van der Waals surface area contributed by atoms with Crippen molar-refractivity contribution in [2.45, 2.75) is 25.3 Å². The minimum Gasteiger partial charge on any atom is -0.480 e. The summed E-state index contributed by atoms with van der Waals surface area (Å²) in [5.74, 6) is -0.739. The number of nitrogens with zero attached hydrogens (tertiary/aromatic N) is 1. The van der Waals surface area contributed by atoms with Gasteiger partial charge >= 0.3 is 5.97 Å².